The molecular formula is C12H14N4OS. The molecule has 0 aliphatic rings. The molecule has 5 nitrogen and oxygen atoms in total. The highest BCUT2D eigenvalue weighted by Crippen LogP contribution is 2.14. The van der Waals surface area contributed by atoms with Gasteiger partial charge in [0.25, 0.3) is 5.91 Å². The molecule has 0 bridgehead atoms. The van der Waals surface area contributed by atoms with Gasteiger partial charge in [-0.05, 0) is 25.3 Å². The second-order valence-electron chi connectivity index (χ2n) is 3.46. The molecule has 0 aliphatic heterocycles. The number of carbonyl (C=O) groups excluding carboxylic acids is 1. The Morgan fingerprint density at radius 2 is 2.06 bits per heavy atom. The summed E-state index contributed by atoms with van der Waals surface area (Å²) in [6.45, 7) is 2.00. The molecule has 18 heavy (non-hydrogen) atoms. The molecule has 0 spiro atoms. The lowest BCUT2D eigenvalue weighted by molar-refractivity contribution is -0.120. The van der Waals surface area contributed by atoms with Crippen LogP contribution in [0.3, 0.4) is 0 Å². The van der Waals surface area contributed by atoms with Crippen LogP contribution < -0.4 is 10.9 Å². The normalized spacial score (nSPS) is 10.6. The van der Waals surface area contributed by atoms with Crippen molar-refractivity contribution >= 4 is 28.5 Å². The second kappa shape index (κ2) is 7.35. The van der Waals surface area contributed by atoms with Crippen molar-refractivity contribution in [1.82, 2.24) is 10.9 Å². The number of hydrazine groups is 1. The topological polar surface area (TPSA) is 77.3 Å². The molecule has 1 amide bonds. The van der Waals surface area contributed by atoms with Gasteiger partial charge in [-0.2, -0.15) is 5.26 Å². The van der Waals surface area contributed by atoms with E-state index in [2.05, 4.69) is 15.8 Å². The number of hydrogen-bond donors (Lipinski definition) is 2. The van der Waals surface area contributed by atoms with Crippen molar-refractivity contribution in [1.29, 1.82) is 5.26 Å². The molecule has 0 heterocycles. The first kappa shape index (κ1) is 14.1. The van der Waals surface area contributed by atoms with Crippen LogP contribution in [0.1, 0.15) is 12.0 Å². The Kier molecular flexibility index (Phi) is 5.74. The molecule has 0 saturated heterocycles. The number of aliphatic imine (C=N–C) groups is 1. The Bertz CT molecular complexity index is 476. The van der Waals surface area contributed by atoms with E-state index in [-0.39, 0.29) is 12.3 Å². The Morgan fingerprint density at radius 3 is 2.61 bits per heavy atom. The lowest BCUT2D eigenvalue weighted by Crippen LogP contribution is -2.40. The van der Waals surface area contributed by atoms with E-state index in [0.717, 1.165) is 11.3 Å². The summed E-state index contributed by atoms with van der Waals surface area (Å²) in [4.78, 5) is 15.4. The van der Waals surface area contributed by atoms with Crippen LogP contribution in [0.5, 0.6) is 0 Å². The number of thioether (sulfide) groups is 1. The van der Waals surface area contributed by atoms with E-state index in [1.54, 1.807) is 6.07 Å². The minimum atomic E-state index is -0.386. The van der Waals surface area contributed by atoms with Crippen LogP contribution in [0.4, 0.5) is 5.69 Å². The number of nitriles is 1. The van der Waals surface area contributed by atoms with E-state index < -0.39 is 0 Å². The van der Waals surface area contributed by atoms with Crippen LogP contribution in [0.2, 0.25) is 0 Å². The van der Waals surface area contributed by atoms with Crippen molar-refractivity contribution < 1.29 is 4.79 Å². The Hall–Kier alpha value is -2.00. The molecule has 1 rings (SSSR count). The number of nitrogens with zero attached hydrogens (tertiary/aromatic N) is 2. The largest absolute Gasteiger partial charge is 0.276 e. The summed E-state index contributed by atoms with van der Waals surface area (Å²) in [5.74, 6) is -0.386. The molecule has 1 aromatic carbocycles. The van der Waals surface area contributed by atoms with Crippen molar-refractivity contribution in [2.24, 2.45) is 4.99 Å². The third-order valence-corrected chi connectivity index (χ3v) is 2.59. The predicted octanol–water partition coefficient (Wildman–Crippen LogP) is 1.88. The highest BCUT2D eigenvalue weighted by atomic mass is 32.2. The lowest BCUT2D eigenvalue weighted by atomic mass is 10.2. The SMILES string of the molecule is CSC(=Nc1ccc(C)cc1)NNC(=O)CC#N. The standard InChI is InChI=1S/C12H14N4OS/c1-9-3-5-10(6-4-9)14-12(18-2)16-15-11(17)7-8-13/h3-6H,7H2,1-2H3,(H,14,16)(H,15,17). The van der Waals surface area contributed by atoms with Gasteiger partial charge < -0.3 is 0 Å². The molecule has 0 saturated carbocycles. The van der Waals surface area contributed by atoms with Gasteiger partial charge in [0.2, 0.25) is 0 Å². The summed E-state index contributed by atoms with van der Waals surface area (Å²) in [7, 11) is 0. The monoisotopic (exact) mass is 262 g/mol. The average Bonchev–Trinajstić information content (AvgIpc) is 2.37. The molecule has 6 heteroatoms. The van der Waals surface area contributed by atoms with E-state index in [1.165, 1.54) is 11.8 Å². The summed E-state index contributed by atoms with van der Waals surface area (Å²) >= 11 is 1.37. The number of benzene rings is 1. The molecule has 0 atom stereocenters. The van der Waals surface area contributed by atoms with Gasteiger partial charge >= 0.3 is 0 Å². The summed E-state index contributed by atoms with van der Waals surface area (Å²) in [5, 5.41) is 8.91. The number of hydrogen-bond acceptors (Lipinski definition) is 4. The van der Waals surface area contributed by atoms with Crippen molar-refractivity contribution in [3.8, 4) is 6.07 Å². The van der Waals surface area contributed by atoms with Crippen LogP contribution in [0, 0.1) is 18.3 Å². The highest BCUT2D eigenvalue weighted by Gasteiger charge is 2.01. The molecule has 0 aliphatic carbocycles. The first-order valence-corrected chi connectivity index (χ1v) is 6.49. The molecule has 94 valence electrons. The van der Waals surface area contributed by atoms with Crippen LogP contribution in [-0.2, 0) is 4.79 Å². The molecule has 0 aromatic heterocycles. The smallest absolute Gasteiger partial charge is 0.252 e. The van der Waals surface area contributed by atoms with Crippen molar-refractivity contribution in [3.05, 3.63) is 29.8 Å². The van der Waals surface area contributed by atoms with Crippen molar-refractivity contribution in [3.63, 3.8) is 0 Å². The van der Waals surface area contributed by atoms with Gasteiger partial charge in [-0.1, -0.05) is 29.5 Å². The number of carbonyl (C=O) groups is 1. The van der Waals surface area contributed by atoms with Crippen LogP contribution >= 0.6 is 11.8 Å². The second-order valence-corrected chi connectivity index (χ2v) is 4.26. The zero-order valence-electron chi connectivity index (χ0n) is 10.2. The zero-order valence-corrected chi connectivity index (χ0v) is 11.0. The summed E-state index contributed by atoms with van der Waals surface area (Å²) < 4.78 is 0. The van der Waals surface area contributed by atoms with Gasteiger partial charge in [0.15, 0.2) is 5.17 Å². The fourth-order valence-electron chi connectivity index (χ4n) is 1.10. The third kappa shape index (κ3) is 4.89. The number of aryl methyl sites for hydroxylation is 1. The number of nitrogens with one attached hydrogen (secondary N) is 2. The maximum absolute atomic E-state index is 11.1. The first-order valence-electron chi connectivity index (χ1n) is 5.27. The number of rotatable bonds is 2. The van der Waals surface area contributed by atoms with E-state index in [1.807, 2.05) is 37.4 Å². The van der Waals surface area contributed by atoms with Crippen LogP contribution in [0.15, 0.2) is 29.3 Å². The van der Waals surface area contributed by atoms with Gasteiger partial charge in [0.1, 0.15) is 6.42 Å². The molecule has 2 N–H and O–H groups in total. The predicted molar refractivity (Wildman–Crippen MR) is 73.3 cm³/mol. The van der Waals surface area contributed by atoms with E-state index in [9.17, 15) is 4.79 Å². The quantitative estimate of drug-likeness (QED) is 0.484. The van der Waals surface area contributed by atoms with Gasteiger partial charge in [-0.3, -0.25) is 15.6 Å². The van der Waals surface area contributed by atoms with Gasteiger partial charge in [0, 0.05) is 0 Å². The van der Waals surface area contributed by atoms with Gasteiger partial charge in [-0.15, -0.1) is 0 Å². The lowest BCUT2D eigenvalue weighted by Gasteiger charge is -2.07. The Labute approximate surface area is 110 Å². The number of amides is 1. The van der Waals surface area contributed by atoms with Crippen molar-refractivity contribution in [2.75, 3.05) is 6.26 Å². The van der Waals surface area contributed by atoms with E-state index in [4.69, 9.17) is 5.26 Å². The zero-order chi connectivity index (χ0) is 13.4. The summed E-state index contributed by atoms with van der Waals surface area (Å²) in [6.07, 6.45) is 1.66. The Balaban J connectivity index is 2.63. The Morgan fingerprint density at radius 1 is 1.39 bits per heavy atom. The van der Waals surface area contributed by atoms with Gasteiger partial charge in [-0.25, -0.2) is 4.99 Å². The highest BCUT2D eigenvalue weighted by molar-refractivity contribution is 8.13. The van der Waals surface area contributed by atoms with Gasteiger partial charge in [0.05, 0.1) is 11.8 Å². The molecule has 1 aromatic rings. The fourth-order valence-corrected chi connectivity index (χ4v) is 1.45. The van der Waals surface area contributed by atoms with E-state index in [0.29, 0.717) is 5.17 Å². The van der Waals surface area contributed by atoms with Crippen molar-refractivity contribution in [2.45, 2.75) is 13.3 Å². The summed E-state index contributed by atoms with van der Waals surface area (Å²) in [5.41, 5.74) is 7.04. The molecule has 0 fully saturated rings. The number of amidine groups is 1. The summed E-state index contributed by atoms with van der Waals surface area (Å²) in [6, 6.07) is 9.48. The maximum Gasteiger partial charge on any atom is 0.252 e. The minimum absolute atomic E-state index is 0.181. The average molecular weight is 262 g/mol. The maximum atomic E-state index is 11.1. The third-order valence-electron chi connectivity index (χ3n) is 2.01. The fraction of sp³-hybridized carbons (Fsp3) is 0.250. The van der Waals surface area contributed by atoms with E-state index >= 15 is 0 Å². The first-order chi connectivity index (χ1) is 8.65. The molecule has 0 unspecified atom stereocenters. The molecule has 0 radical (unpaired) electrons. The molecular weight excluding hydrogens is 248 g/mol. The van der Waals surface area contributed by atoms with Crippen LogP contribution in [0.25, 0.3) is 0 Å². The minimum Gasteiger partial charge on any atom is -0.276 e. The van der Waals surface area contributed by atoms with Crippen LogP contribution in [-0.4, -0.2) is 17.3 Å².